The highest BCUT2D eigenvalue weighted by Crippen LogP contribution is 2.41. The highest BCUT2D eigenvalue weighted by Gasteiger charge is 2.44. The van der Waals surface area contributed by atoms with Crippen molar-refractivity contribution >= 4 is 5.91 Å². The molecular formula is C13H20N2O2. The van der Waals surface area contributed by atoms with Gasteiger partial charge in [0.15, 0.2) is 0 Å². The van der Waals surface area contributed by atoms with Crippen molar-refractivity contribution in [1.82, 2.24) is 9.88 Å². The van der Waals surface area contributed by atoms with Gasteiger partial charge in [-0.15, -0.1) is 0 Å². The Bertz CT molecular complexity index is 363. The van der Waals surface area contributed by atoms with Crippen molar-refractivity contribution in [2.45, 2.75) is 25.7 Å². The maximum absolute atomic E-state index is 12.2. The third-order valence-corrected chi connectivity index (χ3v) is 3.81. The maximum Gasteiger partial charge on any atom is 0.230 e. The molecule has 1 aliphatic rings. The summed E-state index contributed by atoms with van der Waals surface area (Å²) in [5, 5.41) is 9.36. The monoisotopic (exact) mass is 236 g/mol. The van der Waals surface area contributed by atoms with Crippen LogP contribution in [0.15, 0.2) is 18.5 Å². The lowest BCUT2D eigenvalue weighted by Crippen LogP contribution is -2.49. The van der Waals surface area contributed by atoms with Crippen LogP contribution in [0, 0.1) is 5.41 Å². The number of likely N-dealkylation sites (N-methyl/N-ethyl adjacent to an activating group) is 1. The van der Waals surface area contributed by atoms with Gasteiger partial charge in [-0.05, 0) is 30.9 Å². The molecule has 1 aliphatic carbocycles. The summed E-state index contributed by atoms with van der Waals surface area (Å²) < 4.78 is 0. The molecule has 4 nitrogen and oxygen atoms in total. The number of rotatable bonds is 5. The van der Waals surface area contributed by atoms with E-state index < -0.39 is 5.41 Å². The van der Waals surface area contributed by atoms with Crippen LogP contribution in [-0.2, 0) is 11.2 Å². The molecule has 0 unspecified atom stereocenters. The van der Waals surface area contributed by atoms with Crippen molar-refractivity contribution in [1.29, 1.82) is 0 Å². The second kappa shape index (κ2) is 4.92. The molecular weight excluding hydrogens is 216 g/mol. The Balaban J connectivity index is 1.87. The molecule has 2 rings (SSSR count). The van der Waals surface area contributed by atoms with E-state index in [9.17, 15) is 9.90 Å². The zero-order valence-electron chi connectivity index (χ0n) is 10.3. The molecule has 1 heterocycles. The number of hydrogen-bond donors (Lipinski definition) is 2. The second-order valence-electron chi connectivity index (χ2n) is 4.99. The van der Waals surface area contributed by atoms with Gasteiger partial charge >= 0.3 is 0 Å². The number of aliphatic hydroxyl groups is 1. The van der Waals surface area contributed by atoms with Gasteiger partial charge < -0.3 is 15.0 Å². The highest BCUT2D eigenvalue weighted by atomic mass is 16.3. The van der Waals surface area contributed by atoms with Gasteiger partial charge in [-0.3, -0.25) is 4.79 Å². The minimum atomic E-state index is -0.465. The standard InChI is InChI=1S/C13H20N2O2/c1-15(8-4-11-3-7-14-9-11)12(17)13(10-16)5-2-6-13/h3,7,9,14,16H,2,4-6,8,10H2,1H3. The van der Waals surface area contributed by atoms with Gasteiger partial charge in [-0.1, -0.05) is 6.42 Å². The summed E-state index contributed by atoms with van der Waals surface area (Å²) in [6.07, 6.45) is 7.40. The molecule has 4 heteroatoms. The normalized spacial score (nSPS) is 17.5. The van der Waals surface area contributed by atoms with Crippen molar-refractivity contribution in [2.24, 2.45) is 5.41 Å². The minimum absolute atomic E-state index is 0.0136. The number of amides is 1. The zero-order chi connectivity index (χ0) is 12.3. The summed E-state index contributed by atoms with van der Waals surface area (Å²) in [6, 6.07) is 2.02. The molecule has 1 aromatic heterocycles. The molecule has 0 bridgehead atoms. The Hall–Kier alpha value is -1.29. The molecule has 1 aromatic rings. The number of nitrogens with one attached hydrogen (secondary N) is 1. The lowest BCUT2D eigenvalue weighted by Gasteiger charge is -2.41. The maximum atomic E-state index is 12.2. The average molecular weight is 236 g/mol. The van der Waals surface area contributed by atoms with Gasteiger partial charge in [0, 0.05) is 26.0 Å². The zero-order valence-corrected chi connectivity index (χ0v) is 10.3. The summed E-state index contributed by atoms with van der Waals surface area (Å²) in [5.74, 6) is 0.0989. The Morgan fingerprint density at radius 3 is 2.82 bits per heavy atom. The van der Waals surface area contributed by atoms with Crippen LogP contribution in [0.5, 0.6) is 0 Å². The van der Waals surface area contributed by atoms with E-state index in [0.29, 0.717) is 6.54 Å². The molecule has 0 radical (unpaired) electrons. The number of hydrogen-bond acceptors (Lipinski definition) is 2. The van der Waals surface area contributed by atoms with Crippen molar-refractivity contribution in [3.63, 3.8) is 0 Å². The molecule has 0 atom stereocenters. The topological polar surface area (TPSA) is 56.3 Å². The van der Waals surface area contributed by atoms with E-state index in [1.54, 1.807) is 4.90 Å². The summed E-state index contributed by atoms with van der Waals surface area (Å²) in [5.41, 5.74) is 0.740. The number of aliphatic hydroxyl groups excluding tert-OH is 1. The van der Waals surface area contributed by atoms with Crippen LogP contribution in [0.25, 0.3) is 0 Å². The molecule has 0 saturated heterocycles. The molecule has 0 spiro atoms. The first-order valence-electron chi connectivity index (χ1n) is 6.16. The van der Waals surface area contributed by atoms with Crippen molar-refractivity contribution in [3.05, 3.63) is 24.0 Å². The van der Waals surface area contributed by atoms with Crippen LogP contribution in [0.3, 0.4) is 0 Å². The van der Waals surface area contributed by atoms with E-state index >= 15 is 0 Å². The number of carbonyl (C=O) groups is 1. The highest BCUT2D eigenvalue weighted by molar-refractivity contribution is 5.83. The predicted molar refractivity (Wildman–Crippen MR) is 65.5 cm³/mol. The largest absolute Gasteiger partial charge is 0.395 e. The molecule has 0 aromatic carbocycles. The van der Waals surface area contributed by atoms with Crippen molar-refractivity contribution in [2.75, 3.05) is 20.2 Å². The van der Waals surface area contributed by atoms with Gasteiger partial charge in [0.25, 0.3) is 0 Å². The fourth-order valence-electron chi connectivity index (χ4n) is 2.36. The fourth-order valence-corrected chi connectivity index (χ4v) is 2.36. The van der Waals surface area contributed by atoms with Gasteiger partial charge in [0.05, 0.1) is 12.0 Å². The third kappa shape index (κ3) is 2.36. The first kappa shape index (κ1) is 12.2. The SMILES string of the molecule is CN(CCc1cc[nH]c1)C(=O)C1(CO)CCC1. The van der Waals surface area contributed by atoms with E-state index in [2.05, 4.69) is 4.98 Å². The Labute approximate surface area is 102 Å². The van der Waals surface area contributed by atoms with E-state index in [4.69, 9.17) is 0 Å². The Morgan fingerprint density at radius 1 is 1.59 bits per heavy atom. The Kier molecular flexibility index (Phi) is 3.52. The van der Waals surface area contributed by atoms with Crippen LogP contribution in [-0.4, -0.2) is 41.1 Å². The third-order valence-electron chi connectivity index (χ3n) is 3.81. The summed E-state index contributed by atoms with van der Waals surface area (Å²) in [7, 11) is 1.82. The quantitative estimate of drug-likeness (QED) is 0.806. The van der Waals surface area contributed by atoms with Gasteiger partial charge in [-0.25, -0.2) is 0 Å². The lowest BCUT2D eigenvalue weighted by molar-refractivity contribution is -0.149. The first-order valence-corrected chi connectivity index (χ1v) is 6.16. The molecule has 0 aliphatic heterocycles. The molecule has 2 N–H and O–H groups in total. The number of aromatic amines is 1. The first-order chi connectivity index (χ1) is 8.18. The summed E-state index contributed by atoms with van der Waals surface area (Å²) in [6.45, 7) is 0.693. The lowest BCUT2D eigenvalue weighted by atomic mass is 9.68. The molecule has 1 amide bonds. The predicted octanol–water partition coefficient (Wildman–Crippen LogP) is 1.18. The minimum Gasteiger partial charge on any atom is -0.395 e. The van der Waals surface area contributed by atoms with Crippen LogP contribution >= 0.6 is 0 Å². The number of H-pyrrole nitrogens is 1. The Morgan fingerprint density at radius 2 is 2.35 bits per heavy atom. The second-order valence-corrected chi connectivity index (χ2v) is 4.99. The van der Waals surface area contributed by atoms with Crippen LogP contribution in [0.1, 0.15) is 24.8 Å². The number of carbonyl (C=O) groups excluding carboxylic acids is 1. The number of nitrogens with zero attached hydrogens (tertiary/aromatic N) is 1. The van der Waals surface area contributed by atoms with Crippen LogP contribution < -0.4 is 0 Å². The van der Waals surface area contributed by atoms with E-state index in [1.165, 1.54) is 5.56 Å². The average Bonchev–Trinajstić information content (AvgIpc) is 2.77. The van der Waals surface area contributed by atoms with E-state index in [1.807, 2.05) is 25.5 Å². The van der Waals surface area contributed by atoms with Gasteiger partial charge in [0.2, 0.25) is 5.91 Å². The van der Waals surface area contributed by atoms with Crippen molar-refractivity contribution in [3.8, 4) is 0 Å². The molecule has 17 heavy (non-hydrogen) atoms. The van der Waals surface area contributed by atoms with Crippen molar-refractivity contribution < 1.29 is 9.90 Å². The van der Waals surface area contributed by atoms with Crippen LogP contribution in [0.4, 0.5) is 0 Å². The molecule has 1 saturated carbocycles. The smallest absolute Gasteiger partial charge is 0.230 e. The van der Waals surface area contributed by atoms with E-state index in [0.717, 1.165) is 25.7 Å². The number of aromatic nitrogens is 1. The van der Waals surface area contributed by atoms with E-state index in [-0.39, 0.29) is 12.5 Å². The molecule has 94 valence electrons. The van der Waals surface area contributed by atoms with Gasteiger partial charge in [-0.2, -0.15) is 0 Å². The molecule has 1 fully saturated rings. The summed E-state index contributed by atoms with van der Waals surface area (Å²) >= 11 is 0. The summed E-state index contributed by atoms with van der Waals surface area (Å²) in [4.78, 5) is 17.0. The van der Waals surface area contributed by atoms with Gasteiger partial charge in [0.1, 0.15) is 0 Å². The van der Waals surface area contributed by atoms with Crippen LogP contribution in [0.2, 0.25) is 0 Å². The fraction of sp³-hybridized carbons (Fsp3) is 0.615.